The molecule has 25 heavy (non-hydrogen) atoms. The van der Waals surface area contributed by atoms with Crippen LogP contribution in [-0.4, -0.2) is 54.1 Å². The fourth-order valence-corrected chi connectivity index (χ4v) is 3.57. The molecule has 2 aromatic rings. The molecule has 0 radical (unpaired) electrons. The maximum Gasteiger partial charge on any atom is 0.227 e. The van der Waals surface area contributed by atoms with E-state index in [1.807, 2.05) is 24.4 Å². The molecule has 2 aliphatic heterocycles. The minimum absolute atomic E-state index is 0.175. The first-order valence-electron chi connectivity index (χ1n) is 9.08. The van der Waals surface area contributed by atoms with Gasteiger partial charge in [-0.3, -0.25) is 4.90 Å². The molecule has 2 saturated heterocycles. The molecule has 5 nitrogen and oxygen atoms in total. The molecule has 1 aromatic carbocycles. The highest BCUT2D eigenvalue weighted by atomic mass is 19.1. The third kappa shape index (κ3) is 3.90. The second kappa shape index (κ2) is 7.35. The Labute approximate surface area is 148 Å². The quantitative estimate of drug-likeness (QED) is 0.854. The molecule has 3 heterocycles. The van der Waals surface area contributed by atoms with Gasteiger partial charge in [-0.2, -0.15) is 4.98 Å². The van der Waals surface area contributed by atoms with Crippen LogP contribution in [0.15, 0.2) is 36.5 Å². The molecule has 0 saturated carbocycles. The lowest BCUT2D eigenvalue weighted by atomic mass is 10.2. The minimum atomic E-state index is -0.175. The first-order chi connectivity index (χ1) is 12.3. The zero-order chi connectivity index (χ0) is 17.1. The molecule has 1 aromatic heterocycles. The molecular formula is C19H24FN5. The van der Waals surface area contributed by atoms with Gasteiger partial charge >= 0.3 is 0 Å². The van der Waals surface area contributed by atoms with Crippen LogP contribution in [0, 0.1) is 5.82 Å². The highest BCUT2D eigenvalue weighted by Crippen LogP contribution is 2.20. The summed E-state index contributed by atoms with van der Waals surface area (Å²) in [5, 5.41) is 0. The topological polar surface area (TPSA) is 35.5 Å². The van der Waals surface area contributed by atoms with Gasteiger partial charge in [0.05, 0.1) is 0 Å². The van der Waals surface area contributed by atoms with E-state index in [1.165, 1.54) is 25.0 Å². The SMILES string of the molecule is Fc1ccc(CN2CCN(c3ccnc(N4CCCC4)n3)CC2)cc1. The summed E-state index contributed by atoms with van der Waals surface area (Å²) in [4.78, 5) is 16.2. The van der Waals surface area contributed by atoms with Crippen molar-refractivity contribution in [2.75, 3.05) is 49.1 Å². The summed E-state index contributed by atoms with van der Waals surface area (Å²) < 4.78 is 13.0. The molecule has 132 valence electrons. The molecule has 0 amide bonds. The van der Waals surface area contributed by atoms with Crippen molar-refractivity contribution in [3.63, 3.8) is 0 Å². The Hall–Kier alpha value is -2.21. The van der Waals surface area contributed by atoms with E-state index in [2.05, 4.69) is 19.7 Å². The summed E-state index contributed by atoms with van der Waals surface area (Å²) in [6, 6.07) is 8.82. The Morgan fingerprint density at radius 1 is 0.840 bits per heavy atom. The van der Waals surface area contributed by atoms with Crippen LogP contribution in [0.1, 0.15) is 18.4 Å². The average Bonchev–Trinajstić information content (AvgIpc) is 3.19. The monoisotopic (exact) mass is 341 g/mol. The van der Waals surface area contributed by atoms with Gasteiger partial charge in [0.1, 0.15) is 11.6 Å². The van der Waals surface area contributed by atoms with Crippen molar-refractivity contribution in [2.45, 2.75) is 19.4 Å². The number of rotatable bonds is 4. The Morgan fingerprint density at radius 2 is 1.56 bits per heavy atom. The normalized spacial score (nSPS) is 18.8. The number of anilines is 2. The van der Waals surface area contributed by atoms with Crippen molar-refractivity contribution in [3.05, 3.63) is 47.9 Å². The van der Waals surface area contributed by atoms with Crippen LogP contribution in [0.25, 0.3) is 0 Å². The van der Waals surface area contributed by atoms with Crippen molar-refractivity contribution in [1.82, 2.24) is 14.9 Å². The summed E-state index contributed by atoms with van der Waals surface area (Å²) in [6.07, 6.45) is 4.34. The number of aromatic nitrogens is 2. The molecular weight excluding hydrogens is 317 g/mol. The van der Waals surface area contributed by atoms with E-state index in [-0.39, 0.29) is 5.82 Å². The first-order valence-corrected chi connectivity index (χ1v) is 9.08. The van der Waals surface area contributed by atoms with Gasteiger partial charge in [-0.05, 0) is 36.6 Å². The number of benzene rings is 1. The predicted molar refractivity (Wildman–Crippen MR) is 97.4 cm³/mol. The van der Waals surface area contributed by atoms with Gasteiger partial charge in [0.2, 0.25) is 5.95 Å². The number of halogens is 1. The Balaban J connectivity index is 1.35. The zero-order valence-corrected chi connectivity index (χ0v) is 14.4. The summed E-state index contributed by atoms with van der Waals surface area (Å²) in [5.74, 6) is 1.72. The summed E-state index contributed by atoms with van der Waals surface area (Å²) >= 11 is 0. The Bertz CT molecular complexity index is 691. The van der Waals surface area contributed by atoms with E-state index >= 15 is 0 Å². The van der Waals surface area contributed by atoms with Crippen LogP contribution in [0.4, 0.5) is 16.2 Å². The van der Waals surface area contributed by atoms with Crippen LogP contribution in [0.2, 0.25) is 0 Å². The van der Waals surface area contributed by atoms with E-state index in [1.54, 1.807) is 0 Å². The van der Waals surface area contributed by atoms with E-state index in [4.69, 9.17) is 4.98 Å². The average molecular weight is 341 g/mol. The Morgan fingerprint density at radius 3 is 2.28 bits per heavy atom. The molecule has 0 spiro atoms. The number of piperazine rings is 1. The molecule has 0 unspecified atom stereocenters. The van der Waals surface area contributed by atoms with Gasteiger partial charge in [-0.15, -0.1) is 0 Å². The van der Waals surface area contributed by atoms with E-state index in [0.717, 1.165) is 63.1 Å². The van der Waals surface area contributed by atoms with Crippen molar-refractivity contribution in [3.8, 4) is 0 Å². The third-order valence-corrected chi connectivity index (χ3v) is 5.03. The van der Waals surface area contributed by atoms with Crippen molar-refractivity contribution in [1.29, 1.82) is 0 Å². The van der Waals surface area contributed by atoms with Gasteiger partial charge in [0.15, 0.2) is 0 Å². The Kier molecular flexibility index (Phi) is 4.78. The predicted octanol–water partition coefficient (Wildman–Crippen LogP) is 2.54. The second-order valence-electron chi connectivity index (χ2n) is 6.80. The largest absolute Gasteiger partial charge is 0.354 e. The summed E-state index contributed by atoms with van der Waals surface area (Å²) in [5.41, 5.74) is 1.16. The second-order valence-corrected chi connectivity index (χ2v) is 6.80. The van der Waals surface area contributed by atoms with Crippen molar-refractivity contribution in [2.24, 2.45) is 0 Å². The molecule has 0 aliphatic carbocycles. The lowest BCUT2D eigenvalue weighted by molar-refractivity contribution is 0.249. The van der Waals surface area contributed by atoms with Crippen molar-refractivity contribution >= 4 is 11.8 Å². The smallest absolute Gasteiger partial charge is 0.227 e. The van der Waals surface area contributed by atoms with Gasteiger partial charge in [-0.1, -0.05) is 12.1 Å². The van der Waals surface area contributed by atoms with Crippen LogP contribution >= 0.6 is 0 Å². The molecule has 0 N–H and O–H groups in total. The molecule has 0 atom stereocenters. The van der Waals surface area contributed by atoms with Crippen molar-refractivity contribution < 1.29 is 4.39 Å². The standard InChI is InChI=1S/C19H24FN5/c20-17-5-3-16(4-6-17)15-23-11-13-24(14-12-23)18-7-8-21-19(22-18)25-9-1-2-10-25/h3-8H,1-2,9-15H2. The summed E-state index contributed by atoms with van der Waals surface area (Å²) in [7, 11) is 0. The van der Waals surface area contributed by atoms with E-state index in [0.29, 0.717) is 0 Å². The van der Waals surface area contributed by atoms with E-state index in [9.17, 15) is 4.39 Å². The fraction of sp³-hybridized carbons (Fsp3) is 0.474. The van der Waals surface area contributed by atoms with Gasteiger partial charge in [0, 0.05) is 52.0 Å². The van der Waals surface area contributed by atoms with Gasteiger partial charge in [0.25, 0.3) is 0 Å². The van der Waals surface area contributed by atoms with Gasteiger partial charge < -0.3 is 9.80 Å². The highest BCUT2D eigenvalue weighted by Gasteiger charge is 2.20. The van der Waals surface area contributed by atoms with Crippen LogP contribution in [0.5, 0.6) is 0 Å². The highest BCUT2D eigenvalue weighted by molar-refractivity contribution is 5.44. The minimum Gasteiger partial charge on any atom is -0.354 e. The number of hydrogen-bond donors (Lipinski definition) is 0. The third-order valence-electron chi connectivity index (χ3n) is 5.03. The zero-order valence-electron chi connectivity index (χ0n) is 14.4. The summed E-state index contributed by atoms with van der Waals surface area (Å²) in [6.45, 7) is 6.89. The fourth-order valence-electron chi connectivity index (χ4n) is 3.57. The molecule has 2 fully saturated rings. The molecule has 2 aliphatic rings. The van der Waals surface area contributed by atoms with Gasteiger partial charge in [-0.25, -0.2) is 9.37 Å². The van der Waals surface area contributed by atoms with Crippen LogP contribution < -0.4 is 9.80 Å². The maximum absolute atomic E-state index is 13.0. The van der Waals surface area contributed by atoms with Crippen LogP contribution in [-0.2, 0) is 6.54 Å². The lowest BCUT2D eigenvalue weighted by Gasteiger charge is -2.35. The maximum atomic E-state index is 13.0. The molecule has 6 heteroatoms. The van der Waals surface area contributed by atoms with Crippen LogP contribution in [0.3, 0.4) is 0 Å². The lowest BCUT2D eigenvalue weighted by Crippen LogP contribution is -2.46. The number of hydrogen-bond acceptors (Lipinski definition) is 5. The first kappa shape index (κ1) is 16.3. The molecule has 0 bridgehead atoms. The molecule has 4 rings (SSSR count). The van der Waals surface area contributed by atoms with E-state index < -0.39 is 0 Å². The number of nitrogens with zero attached hydrogens (tertiary/aromatic N) is 5.